The Morgan fingerprint density at radius 3 is 2.83 bits per heavy atom. The topological polar surface area (TPSA) is 9.23 Å². The van der Waals surface area contributed by atoms with E-state index in [1.165, 1.54) is 32.1 Å². The Morgan fingerprint density at radius 2 is 2.33 bits per heavy atom. The first kappa shape index (κ1) is 6.99. The molecule has 0 N–H and O–H groups in total. The lowest BCUT2D eigenvalue weighted by Crippen LogP contribution is -2.25. The Hall–Kier alpha value is -0.460. The van der Waals surface area contributed by atoms with Crippen molar-refractivity contribution in [1.29, 1.82) is 0 Å². The summed E-state index contributed by atoms with van der Waals surface area (Å²) in [6.45, 7) is 5.02. The van der Waals surface area contributed by atoms with E-state index < -0.39 is 0 Å². The Balaban J connectivity index is 1.96. The van der Waals surface area contributed by atoms with Crippen LogP contribution in [0.15, 0.2) is 12.3 Å². The predicted molar refractivity (Wildman–Crippen MR) is 47.6 cm³/mol. The third-order valence-corrected chi connectivity index (χ3v) is 4.36. The van der Waals surface area contributed by atoms with Gasteiger partial charge in [-0.1, -0.05) is 13.0 Å². The smallest absolute Gasteiger partial charge is 0.0953 e. The molecule has 1 nitrogen and oxygen atoms in total. The van der Waals surface area contributed by atoms with Gasteiger partial charge in [0.15, 0.2) is 0 Å². The van der Waals surface area contributed by atoms with E-state index in [0.29, 0.717) is 5.41 Å². The van der Waals surface area contributed by atoms with E-state index in [4.69, 9.17) is 4.74 Å². The monoisotopic (exact) mass is 164 g/mol. The third kappa shape index (κ3) is 0.657. The van der Waals surface area contributed by atoms with Crippen LogP contribution >= 0.6 is 0 Å². The number of allylic oxidation sites excluding steroid dienone is 1. The van der Waals surface area contributed by atoms with Crippen molar-refractivity contribution in [2.24, 2.45) is 17.3 Å². The number of ether oxygens (including phenoxy) is 1. The van der Waals surface area contributed by atoms with Gasteiger partial charge < -0.3 is 4.74 Å². The molecule has 0 radical (unpaired) electrons. The quantitative estimate of drug-likeness (QED) is 0.535. The minimum atomic E-state index is 0.447. The van der Waals surface area contributed by atoms with Crippen LogP contribution in [0.25, 0.3) is 0 Å². The second kappa shape index (κ2) is 2.07. The molecular formula is C11H16O. The van der Waals surface area contributed by atoms with Crippen molar-refractivity contribution in [2.45, 2.75) is 32.1 Å². The van der Waals surface area contributed by atoms with Gasteiger partial charge in [-0.3, -0.25) is 0 Å². The lowest BCUT2D eigenvalue weighted by atomic mass is 9.71. The minimum absolute atomic E-state index is 0.447. The molecule has 3 fully saturated rings. The van der Waals surface area contributed by atoms with E-state index in [2.05, 4.69) is 6.58 Å². The molecule has 3 aliphatic rings. The summed E-state index contributed by atoms with van der Waals surface area (Å²) >= 11 is 0. The number of hydrogen-bond acceptors (Lipinski definition) is 1. The molecule has 0 aromatic heterocycles. The van der Waals surface area contributed by atoms with E-state index in [9.17, 15) is 0 Å². The van der Waals surface area contributed by atoms with E-state index in [-0.39, 0.29) is 0 Å². The van der Waals surface area contributed by atoms with Gasteiger partial charge in [0.2, 0.25) is 0 Å². The fraction of sp³-hybridized carbons (Fsp3) is 0.818. The van der Waals surface area contributed by atoms with Gasteiger partial charge in [0.05, 0.1) is 12.4 Å². The van der Waals surface area contributed by atoms with Crippen LogP contribution in [-0.2, 0) is 4.74 Å². The van der Waals surface area contributed by atoms with Gasteiger partial charge in [0.1, 0.15) is 0 Å². The van der Waals surface area contributed by atoms with E-state index >= 15 is 0 Å². The van der Waals surface area contributed by atoms with Crippen molar-refractivity contribution in [3.8, 4) is 0 Å². The summed E-state index contributed by atoms with van der Waals surface area (Å²) in [5.74, 6) is 3.06. The largest absolute Gasteiger partial charge is 0.498 e. The van der Waals surface area contributed by atoms with E-state index in [1.54, 1.807) is 0 Å². The molecule has 1 saturated heterocycles. The molecule has 0 amide bonds. The molecule has 1 aliphatic heterocycles. The first-order chi connectivity index (χ1) is 5.81. The molecule has 2 aliphatic carbocycles. The molecular weight excluding hydrogens is 148 g/mol. The van der Waals surface area contributed by atoms with Crippen LogP contribution < -0.4 is 0 Å². The Morgan fingerprint density at radius 1 is 1.42 bits per heavy atom. The molecule has 3 rings (SSSR count). The Bertz CT molecular complexity index is 233. The van der Waals surface area contributed by atoms with Crippen LogP contribution in [0.3, 0.4) is 0 Å². The van der Waals surface area contributed by atoms with Crippen LogP contribution in [0.1, 0.15) is 32.1 Å². The van der Waals surface area contributed by atoms with Gasteiger partial charge in [0.25, 0.3) is 0 Å². The minimum Gasteiger partial charge on any atom is -0.498 e. The van der Waals surface area contributed by atoms with Crippen LogP contribution in [0, 0.1) is 17.3 Å². The number of hydrogen-bond donors (Lipinski definition) is 0. The average molecular weight is 164 g/mol. The highest BCUT2D eigenvalue weighted by Gasteiger charge is 2.55. The highest BCUT2D eigenvalue weighted by molar-refractivity contribution is 5.16. The molecule has 2 saturated carbocycles. The molecule has 3 unspecified atom stereocenters. The summed E-state index contributed by atoms with van der Waals surface area (Å²) in [7, 11) is 0. The summed E-state index contributed by atoms with van der Waals surface area (Å²) in [5, 5.41) is 0. The molecule has 0 aromatic rings. The molecule has 1 heteroatoms. The number of fused-ring (bicyclic) bond motifs is 3. The second-order valence-electron chi connectivity index (χ2n) is 4.76. The lowest BCUT2D eigenvalue weighted by molar-refractivity contribution is 0.188. The van der Waals surface area contributed by atoms with Crippen LogP contribution in [-0.4, -0.2) is 6.61 Å². The fourth-order valence-corrected chi connectivity index (χ4v) is 3.73. The van der Waals surface area contributed by atoms with Crippen LogP contribution in [0.2, 0.25) is 0 Å². The zero-order valence-electron chi connectivity index (χ0n) is 7.51. The zero-order valence-corrected chi connectivity index (χ0v) is 7.51. The molecule has 66 valence electrons. The zero-order chi connectivity index (χ0) is 8.18. The van der Waals surface area contributed by atoms with Gasteiger partial charge in [-0.05, 0) is 37.5 Å². The maximum atomic E-state index is 5.55. The van der Waals surface area contributed by atoms with Gasteiger partial charge in [-0.25, -0.2) is 0 Å². The Kier molecular flexibility index (Phi) is 1.20. The van der Waals surface area contributed by atoms with Gasteiger partial charge in [-0.2, -0.15) is 0 Å². The maximum absolute atomic E-state index is 5.55. The summed E-state index contributed by atoms with van der Waals surface area (Å²) in [6.07, 6.45) is 7.01. The first-order valence-electron chi connectivity index (χ1n) is 5.13. The summed E-state index contributed by atoms with van der Waals surface area (Å²) in [5.41, 5.74) is 0.447. The summed E-state index contributed by atoms with van der Waals surface area (Å²) < 4.78 is 5.55. The van der Waals surface area contributed by atoms with Crippen molar-refractivity contribution in [1.82, 2.24) is 0 Å². The van der Waals surface area contributed by atoms with Crippen molar-refractivity contribution < 1.29 is 4.74 Å². The average Bonchev–Trinajstić information content (AvgIpc) is 2.69. The third-order valence-electron chi connectivity index (χ3n) is 4.36. The molecule has 3 atom stereocenters. The normalized spacial score (nSPS) is 50.5. The van der Waals surface area contributed by atoms with Crippen LogP contribution in [0.4, 0.5) is 0 Å². The van der Waals surface area contributed by atoms with Crippen molar-refractivity contribution in [3.63, 3.8) is 0 Å². The number of rotatable bonds is 0. The highest BCUT2D eigenvalue weighted by atomic mass is 16.5. The lowest BCUT2D eigenvalue weighted by Gasteiger charge is -2.32. The van der Waals surface area contributed by atoms with E-state index in [1.807, 2.05) is 0 Å². The van der Waals surface area contributed by atoms with Gasteiger partial charge >= 0.3 is 0 Å². The van der Waals surface area contributed by atoms with E-state index in [0.717, 1.165) is 24.2 Å². The molecule has 1 heterocycles. The van der Waals surface area contributed by atoms with Crippen molar-refractivity contribution in [2.75, 3.05) is 6.61 Å². The molecule has 2 bridgehead atoms. The highest BCUT2D eigenvalue weighted by Crippen LogP contribution is 2.62. The summed E-state index contributed by atoms with van der Waals surface area (Å²) in [6, 6.07) is 0. The molecule has 12 heavy (non-hydrogen) atoms. The van der Waals surface area contributed by atoms with Gasteiger partial charge in [-0.15, -0.1) is 0 Å². The maximum Gasteiger partial charge on any atom is 0.0953 e. The molecule has 0 aromatic carbocycles. The molecule has 1 spiro atoms. The SMILES string of the molecule is C=C1OCCC12CC1CCC2C1. The Labute approximate surface area is 73.8 Å². The van der Waals surface area contributed by atoms with Crippen molar-refractivity contribution in [3.05, 3.63) is 12.3 Å². The predicted octanol–water partition coefficient (Wildman–Crippen LogP) is 2.73. The first-order valence-corrected chi connectivity index (χ1v) is 5.13. The van der Waals surface area contributed by atoms with Crippen LogP contribution in [0.5, 0.6) is 0 Å². The van der Waals surface area contributed by atoms with Crippen molar-refractivity contribution >= 4 is 0 Å². The summed E-state index contributed by atoms with van der Waals surface area (Å²) in [4.78, 5) is 0. The second-order valence-corrected chi connectivity index (χ2v) is 4.76. The fourth-order valence-electron chi connectivity index (χ4n) is 3.73. The van der Waals surface area contributed by atoms with Gasteiger partial charge in [0, 0.05) is 5.41 Å². The standard InChI is InChI=1S/C11H16O/c1-8-11(4-5-12-8)7-9-2-3-10(11)6-9/h9-10H,1-7H2.